The average Bonchev–Trinajstić information content (AvgIpc) is 2.78. The fraction of sp³-hybridized carbons (Fsp3) is 0.538. The van der Waals surface area contributed by atoms with Gasteiger partial charge in [-0.2, -0.15) is 5.26 Å². The molecule has 0 spiro atoms. The summed E-state index contributed by atoms with van der Waals surface area (Å²) in [5.41, 5.74) is 1.61. The molecule has 0 radical (unpaired) electrons. The Morgan fingerprint density at radius 2 is 2.41 bits per heavy atom. The molecule has 1 saturated heterocycles. The maximum atomic E-state index is 9.10. The Morgan fingerprint density at radius 3 is 3.12 bits per heavy atom. The van der Waals surface area contributed by atoms with E-state index in [2.05, 4.69) is 16.0 Å². The van der Waals surface area contributed by atoms with Crippen molar-refractivity contribution in [3.8, 4) is 6.07 Å². The summed E-state index contributed by atoms with van der Waals surface area (Å²) in [6.07, 6.45) is 1.11. The summed E-state index contributed by atoms with van der Waals surface area (Å²) in [5.74, 6) is 1.37. The Balaban J connectivity index is 2.18. The van der Waals surface area contributed by atoms with Gasteiger partial charge in [0.15, 0.2) is 0 Å². The zero-order valence-corrected chi connectivity index (χ0v) is 10.3. The number of ether oxygens (including phenoxy) is 1. The number of hydrogen-bond acceptors (Lipinski definition) is 4. The van der Waals surface area contributed by atoms with Crippen molar-refractivity contribution in [3.63, 3.8) is 0 Å². The third kappa shape index (κ3) is 2.56. The summed E-state index contributed by atoms with van der Waals surface area (Å²) in [5, 5.41) is 9.10. The van der Waals surface area contributed by atoms with E-state index in [4.69, 9.17) is 10.00 Å². The highest BCUT2D eigenvalue weighted by Gasteiger charge is 2.25. The van der Waals surface area contributed by atoms with Crippen LogP contribution in [0, 0.1) is 24.2 Å². The van der Waals surface area contributed by atoms with Crippen LogP contribution in [0.4, 0.5) is 5.82 Å². The molecule has 17 heavy (non-hydrogen) atoms. The molecule has 1 aromatic rings. The molecule has 0 amide bonds. The molecule has 4 nitrogen and oxygen atoms in total. The SMILES string of the molecule is COCC1CCN(c2nc(C)ccc2C#N)C1. The van der Waals surface area contributed by atoms with Crippen molar-refractivity contribution in [1.82, 2.24) is 4.98 Å². The van der Waals surface area contributed by atoms with Gasteiger partial charge in [0.2, 0.25) is 0 Å². The maximum absolute atomic E-state index is 9.10. The van der Waals surface area contributed by atoms with Crippen LogP contribution in [-0.4, -0.2) is 31.8 Å². The van der Waals surface area contributed by atoms with E-state index in [0.717, 1.165) is 37.6 Å². The van der Waals surface area contributed by atoms with E-state index in [1.54, 1.807) is 7.11 Å². The molecule has 90 valence electrons. The number of nitriles is 1. The Bertz CT molecular complexity index is 439. The first-order chi connectivity index (χ1) is 8.24. The monoisotopic (exact) mass is 231 g/mol. The highest BCUT2D eigenvalue weighted by Crippen LogP contribution is 2.25. The molecule has 1 atom stereocenters. The van der Waals surface area contributed by atoms with Crippen molar-refractivity contribution in [2.75, 3.05) is 31.7 Å². The topological polar surface area (TPSA) is 49.1 Å². The first-order valence-electron chi connectivity index (χ1n) is 5.86. The number of rotatable bonds is 3. The van der Waals surface area contributed by atoms with Gasteiger partial charge in [-0.1, -0.05) is 0 Å². The smallest absolute Gasteiger partial charge is 0.146 e. The van der Waals surface area contributed by atoms with Gasteiger partial charge >= 0.3 is 0 Å². The molecule has 1 unspecified atom stereocenters. The molecule has 2 heterocycles. The minimum absolute atomic E-state index is 0.550. The third-order valence-electron chi connectivity index (χ3n) is 3.12. The molecule has 4 heteroatoms. The molecule has 0 saturated carbocycles. The van der Waals surface area contributed by atoms with Gasteiger partial charge in [0.25, 0.3) is 0 Å². The van der Waals surface area contributed by atoms with Crippen molar-refractivity contribution < 1.29 is 4.74 Å². The van der Waals surface area contributed by atoms with Crippen LogP contribution in [0.25, 0.3) is 0 Å². The van der Waals surface area contributed by atoms with Crippen molar-refractivity contribution >= 4 is 5.82 Å². The fourth-order valence-electron chi connectivity index (χ4n) is 2.27. The first-order valence-corrected chi connectivity index (χ1v) is 5.86. The second-order valence-corrected chi connectivity index (χ2v) is 4.49. The predicted molar refractivity (Wildman–Crippen MR) is 65.9 cm³/mol. The quantitative estimate of drug-likeness (QED) is 0.795. The Kier molecular flexibility index (Phi) is 3.60. The van der Waals surface area contributed by atoms with Crippen LogP contribution in [0.3, 0.4) is 0 Å². The lowest BCUT2D eigenvalue weighted by atomic mass is 10.1. The highest BCUT2D eigenvalue weighted by molar-refractivity contribution is 5.54. The number of aromatic nitrogens is 1. The minimum atomic E-state index is 0.550. The lowest BCUT2D eigenvalue weighted by molar-refractivity contribution is 0.161. The van der Waals surface area contributed by atoms with Crippen LogP contribution in [0.15, 0.2) is 12.1 Å². The highest BCUT2D eigenvalue weighted by atomic mass is 16.5. The summed E-state index contributed by atoms with van der Waals surface area (Å²) in [6.45, 7) is 4.62. The van der Waals surface area contributed by atoms with Gasteiger partial charge in [-0.3, -0.25) is 0 Å². The van der Waals surface area contributed by atoms with Crippen LogP contribution >= 0.6 is 0 Å². The van der Waals surface area contributed by atoms with Gasteiger partial charge < -0.3 is 9.64 Å². The average molecular weight is 231 g/mol. The lowest BCUT2D eigenvalue weighted by Crippen LogP contribution is -2.23. The number of aryl methyl sites for hydroxylation is 1. The van der Waals surface area contributed by atoms with Crippen molar-refractivity contribution in [2.24, 2.45) is 5.92 Å². The van der Waals surface area contributed by atoms with Crippen molar-refractivity contribution in [2.45, 2.75) is 13.3 Å². The Morgan fingerprint density at radius 1 is 1.59 bits per heavy atom. The molecule has 0 bridgehead atoms. The molecule has 2 rings (SSSR count). The first kappa shape index (κ1) is 11.9. The van der Waals surface area contributed by atoms with E-state index >= 15 is 0 Å². The standard InChI is InChI=1S/C13H17N3O/c1-10-3-4-12(7-14)13(15-10)16-6-5-11(8-16)9-17-2/h3-4,11H,5-6,8-9H2,1-2H3. The largest absolute Gasteiger partial charge is 0.384 e. The summed E-state index contributed by atoms with van der Waals surface area (Å²) < 4.78 is 5.18. The Labute approximate surface area is 102 Å². The summed E-state index contributed by atoms with van der Waals surface area (Å²) >= 11 is 0. The minimum Gasteiger partial charge on any atom is -0.384 e. The summed E-state index contributed by atoms with van der Waals surface area (Å²) in [4.78, 5) is 6.67. The van der Waals surface area contributed by atoms with Crippen LogP contribution in [0.1, 0.15) is 17.7 Å². The molecule has 1 aliphatic rings. The van der Waals surface area contributed by atoms with Crippen molar-refractivity contribution in [3.05, 3.63) is 23.4 Å². The normalized spacial score (nSPS) is 19.4. The lowest BCUT2D eigenvalue weighted by Gasteiger charge is -2.19. The van der Waals surface area contributed by atoms with Crippen LogP contribution in [-0.2, 0) is 4.74 Å². The van der Waals surface area contributed by atoms with Crippen molar-refractivity contribution in [1.29, 1.82) is 5.26 Å². The van der Waals surface area contributed by atoms with E-state index in [1.807, 2.05) is 19.1 Å². The number of methoxy groups -OCH3 is 1. The maximum Gasteiger partial charge on any atom is 0.146 e. The van der Waals surface area contributed by atoms with E-state index in [-0.39, 0.29) is 0 Å². The molecular weight excluding hydrogens is 214 g/mol. The molecule has 1 fully saturated rings. The number of nitrogens with zero attached hydrogens (tertiary/aromatic N) is 3. The van der Waals surface area contributed by atoms with Crippen LogP contribution in [0.2, 0.25) is 0 Å². The summed E-state index contributed by atoms with van der Waals surface area (Å²) in [6, 6.07) is 5.94. The molecule has 1 aromatic heterocycles. The predicted octanol–water partition coefficient (Wildman–Crippen LogP) is 1.73. The van der Waals surface area contributed by atoms with E-state index in [0.29, 0.717) is 11.5 Å². The number of hydrogen-bond donors (Lipinski definition) is 0. The Hall–Kier alpha value is -1.60. The number of anilines is 1. The molecular formula is C13H17N3O. The van der Waals surface area contributed by atoms with Crippen LogP contribution < -0.4 is 4.90 Å². The second-order valence-electron chi connectivity index (χ2n) is 4.49. The molecule has 0 aromatic carbocycles. The molecule has 0 aliphatic carbocycles. The van der Waals surface area contributed by atoms with Gasteiger partial charge in [-0.25, -0.2) is 4.98 Å². The zero-order valence-electron chi connectivity index (χ0n) is 10.3. The van der Waals surface area contributed by atoms with E-state index in [9.17, 15) is 0 Å². The van der Waals surface area contributed by atoms with E-state index in [1.165, 1.54) is 0 Å². The number of pyridine rings is 1. The summed E-state index contributed by atoms with van der Waals surface area (Å²) in [7, 11) is 1.73. The molecule has 0 N–H and O–H groups in total. The second kappa shape index (κ2) is 5.15. The third-order valence-corrected chi connectivity index (χ3v) is 3.12. The molecule has 1 aliphatic heterocycles. The van der Waals surface area contributed by atoms with Gasteiger partial charge in [0, 0.05) is 31.8 Å². The zero-order chi connectivity index (χ0) is 12.3. The van der Waals surface area contributed by atoms with Gasteiger partial charge in [0.1, 0.15) is 11.9 Å². The van der Waals surface area contributed by atoms with E-state index < -0.39 is 0 Å². The van der Waals surface area contributed by atoms with Crippen LogP contribution in [0.5, 0.6) is 0 Å². The van der Waals surface area contributed by atoms with Gasteiger partial charge in [-0.15, -0.1) is 0 Å². The van der Waals surface area contributed by atoms with Gasteiger partial charge in [0.05, 0.1) is 12.2 Å². The van der Waals surface area contributed by atoms with Gasteiger partial charge in [-0.05, 0) is 25.5 Å². The fourth-order valence-corrected chi connectivity index (χ4v) is 2.27.